The first-order chi connectivity index (χ1) is 11.9. The minimum atomic E-state index is -0.760. The Labute approximate surface area is 146 Å². The van der Waals surface area contributed by atoms with Crippen LogP contribution in [-0.2, 0) is 16.1 Å². The van der Waals surface area contributed by atoms with Crippen molar-refractivity contribution in [1.29, 1.82) is 0 Å². The smallest absolute Gasteiger partial charge is 0.329 e. The zero-order valence-electron chi connectivity index (χ0n) is 14.8. The van der Waals surface area contributed by atoms with E-state index in [0.717, 1.165) is 5.56 Å². The highest BCUT2D eigenvalue weighted by atomic mass is 16.5. The average molecular weight is 345 g/mol. The Bertz CT molecular complexity index is 706. The minimum Gasteiger partial charge on any atom is -0.459 e. The molecule has 1 aromatic carbocycles. The van der Waals surface area contributed by atoms with Crippen LogP contribution in [0.5, 0.6) is 0 Å². The quantitative estimate of drug-likeness (QED) is 0.784. The third kappa shape index (κ3) is 5.07. The SMILES string of the molecule is Cc1noc(C)c1COC(=O)C(NC(=O)Nc1ccccc1)C(C)C. The Morgan fingerprint density at radius 2 is 1.88 bits per heavy atom. The summed E-state index contributed by atoms with van der Waals surface area (Å²) in [6.07, 6.45) is 0. The lowest BCUT2D eigenvalue weighted by Gasteiger charge is -2.21. The molecule has 2 N–H and O–H groups in total. The number of para-hydroxylation sites is 1. The number of nitrogens with one attached hydrogen (secondary N) is 2. The van der Waals surface area contributed by atoms with Crippen LogP contribution in [-0.4, -0.2) is 23.2 Å². The van der Waals surface area contributed by atoms with Gasteiger partial charge in [-0.2, -0.15) is 0 Å². The van der Waals surface area contributed by atoms with Crippen molar-refractivity contribution in [2.24, 2.45) is 5.92 Å². The number of aromatic nitrogens is 1. The van der Waals surface area contributed by atoms with Crippen LogP contribution in [0.25, 0.3) is 0 Å². The Morgan fingerprint density at radius 1 is 1.20 bits per heavy atom. The summed E-state index contributed by atoms with van der Waals surface area (Å²) in [5.74, 6) is -0.0157. The molecule has 0 fully saturated rings. The van der Waals surface area contributed by atoms with E-state index in [0.29, 0.717) is 17.1 Å². The number of aryl methyl sites for hydroxylation is 2. The Morgan fingerprint density at radius 3 is 2.44 bits per heavy atom. The lowest BCUT2D eigenvalue weighted by Crippen LogP contribution is -2.47. The molecule has 0 saturated carbocycles. The second-order valence-electron chi connectivity index (χ2n) is 6.10. The number of ether oxygens (including phenoxy) is 1. The van der Waals surface area contributed by atoms with Gasteiger partial charge in [0.25, 0.3) is 0 Å². The molecule has 2 rings (SSSR count). The standard InChI is InChI=1S/C18H23N3O4/c1-11(2)16(20-18(23)19-14-8-6-5-7-9-14)17(22)24-10-15-12(3)21-25-13(15)4/h5-9,11,16H,10H2,1-4H3,(H2,19,20,23). The maximum absolute atomic E-state index is 12.4. The van der Waals surface area contributed by atoms with E-state index < -0.39 is 18.0 Å². The molecular weight excluding hydrogens is 322 g/mol. The number of esters is 1. The first-order valence-electron chi connectivity index (χ1n) is 8.09. The molecule has 0 saturated heterocycles. The molecule has 0 bridgehead atoms. The van der Waals surface area contributed by atoms with Gasteiger partial charge < -0.3 is 19.9 Å². The van der Waals surface area contributed by atoms with Crippen LogP contribution < -0.4 is 10.6 Å². The van der Waals surface area contributed by atoms with E-state index in [4.69, 9.17) is 9.26 Å². The molecule has 1 aromatic heterocycles. The number of carbonyl (C=O) groups excluding carboxylic acids is 2. The Balaban J connectivity index is 1.95. The van der Waals surface area contributed by atoms with Gasteiger partial charge in [0.05, 0.1) is 11.3 Å². The van der Waals surface area contributed by atoms with Gasteiger partial charge in [-0.05, 0) is 31.9 Å². The molecular formula is C18H23N3O4. The summed E-state index contributed by atoms with van der Waals surface area (Å²) in [4.78, 5) is 24.5. The van der Waals surface area contributed by atoms with Gasteiger partial charge >= 0.3 is 12.0 Å². The summed E-state index contributed by atoms with van der Waals surface area (Å²) in [7, 11) is 0. The summed E-state index contributed by atoms with van der Waals surface area (Å²) in [6.45, 7) is 7.28. The summed E-state index contributed by atoms with van der Waals surface area (Å²) < 4.78 is 10.4. The first kappa shape index (κ1) is 18.5. The van der Waals surface area contributed by atoms with Gasteiger partial charge in [0, 0.05) is 5.69 Å². The number of benzene rings is 1. The van der Waals surface area contributed by atoms with Crippen LogP contribution in [0.15, 0.2) is 34.9 Å². The van der Waals surface area contributed by atoms with Gasteiger partial charge in [0.15, 0.2) is 0 Å². The molecule has 7 nitrogen and oxygen atoms in total. The fourth-order valence-corrected chi connectivity index (χ4v) is 2.27. The summed E-state index contributed by atoms with van der Waals surface area (Å²) >= 11 is 0. The highest BCUT2D eigenvalue weighted by molar-refractivity contribution is 5.92. The molecule has 0 aliphatic rings. The second-order valence-corrected chi connectivity index (χ2v) is 6.10. The zero-order valence-corrected chi connectivity index (χ0v) is 14.8. The van der Waals surface area contributed by atoms with E-state index in [1.165, 1.54) is 0 Å². The molecule has 1 unspecified atom stereocenters. The van der Waals surface area contributed by atoms with E-state index in [1.54, 1.807) is 26.0 Å². The summed E-state index contributed by atoms with van der Waals surface area (Å²) in [5, 5.41) is 9.17. The van der Waals surface area contributed by atoms with E-state index in [9.17, 15) is 9.59 Å². The van der Waals surface area contributed by atoms with E-state index in [-0.39, 0.29) is 12.5 Å². The lowest BCUT2D eigenvalue weighted by atomic mass is 10.1. The number of urea groups is 1. The molecule has 2 aromatic rings. The van der Waals surface area contributed by atoms with Gasteiger partial charge in [-0.3, -0.25) is 0 Å². The maximum atomic E-state index is 12.4. The second kappa shape index (κ2) is 8.32. The maximum Gasteiger partial charge on any atom is 0.329 e. The fourth-order valence-electron chi connectivity index (χ4n) is 2.27. The number of hydrogen-bond donors (Lipinski definition) is 2. The molecule has 0 radical (unpaired) electrons. The van der Waals surface area contributed by atoms with Crippen molar-refractivity contribution in [3.05, 3.63) is 47.3 Å². The number of carbonyl (C=O) groups is 2. The number of rotatable bonds is 6. The monoisotopic (exact) mass is 345 g/mol. The molecule has 134 valence electrons. The van der Waals surface area contributed by atoms with Crippen LogP contribution in [0.3, 0.4) is 0 Å². The van der Waals surface area contributed by atoms with Crippen molar-refractivity contribution in [2.75, 3.05) is 5.32 Å². The number of hydrogen-bond acceptors (Lipinski definition) is 5. The Kier molecular flexibility index (Phi) is 6.16. The van der Waals surface area contributed by atoms with Crippen LogP contribution in [0, 0.1) is 19.8 Å². The highest BCUT2D eigenvalue weighted by Crippen LogP contribution is 2.15. The predicted molar refractivity (Wildman–Crippen MR) is 93.0 cm³/mol. The molecule has 0 aliphatic carbocycles. The summed E-state index contributed by atoms with van der Waals surface area (Å²) in [5.41, 5.74) is 2.07. The molecule has 0 spiro atoms. The van der Waals surface area contributed by atoms with Gasteiger partial charge in [-0.25, -0.2) is 9.59 Å². The molecule has 1 heterocycles. The lowest BCUT2D eigenvalue weighted by molar-refractivity contribution is -0.148. The Hall–Kier alpha value is -2.83. The van der Waals surface area contributed by atoms with E-state index in [1.807, 2.05) is 32.0 Å². The van der Waals surface area contributed by atoms with Gasteiger partial charge in [-0.1, -0.05) is 37.2 Å². The number of anilines is 1. The first-order valence-corrected chi connectivity index (χ1v) is 8.09. The van der Waals surface area contributed by atoms with Crippen LogP contribution in [0.4, 0.5) is 10.5 Å². The molecule has 1 atom stereocenters. The highest BCUT2D eigenvalue weighted by Gasteiger charge is 2.26. The zero-order chi connectivity index (χ0) is 18.4. The molecule has 7 heteroatoms. The van der Waals surface area contributed by atoms with Gasteiger partial charge in [-0.15, -0.1) is 0 Å². The van der Waals surface area contributed by atoms with Crippen molar-refractivity contribution in [3.8, 4) is 0 Å². The van der Waals surface area contributed by atoms with Crippen LogP contribution in [0.2, 0.25) is 0 Å². The topological polar surface area (TPSA) is 93.5 Å². The van der Waals surface area contributed by atoms with Crippen LogP contribution >= 0.6 is 0 Å². The minimum absolute atomic E-state index is 0.0607. The fraction of sp³-hybridized carbons (Fsp3) is 0.389. The third-order valence-corrected chi connectivity index (χ3v) is 3.78. The summed E-state index contributed by atoms with van der Waals surface area (Å²) in [6, 6.07) is 7.79. The third-order valence-electron chi connectivity index (χ3n) is 3.78. The normalized spacial score (nSPS) is 11.9. The molecule has 0 aliphatic heterocycles. The van der Waals surface area contributed by atoms with Gasteiger partial charge in [0.1, 0.15) is 18.4 Å². The van der Waals surface area contributed by atoms with Crippen LogP contribution in [0.1, 0.15) is 30.9 Å². The van der Waals surface area contributed by atoms with Crippen molar-refractivity contribution >= 4 is 17.7 Å². The molecule has 2 amide bonds. The number of amides is 2. The van der Waals surface area contributed by atoms with Crippen molar-refractivity contribution in [1.82, 2.24) is 10.5 Å². The van der Waals surface area contributed by atoms with E-state index >= 15 is 0 Å². The van der Waals surface area contributed by atoms with Crippen molar-refractivity contribution < 1.29 is 18.8 Å². The van der Waals surface area contributed by atoms with Crippen molar-refractivity contribution in [2.45, 2.75) is 40.3 Å². The largest absolute Gasteiger partial charge is 0.459 e. The molecule has 25 heavy (non-hydrogen) atoms. The van der Waals surface area contributed by atoms with Crippen molar-refractivity contribution in [3.63, 3.8) is 0 Å². The van der Waals surface area contributed by atoms with Gasteiger partial charge in [0.2, 0.25) is 0 Å². The number of nitrogens with zero attached hydrogens (tertiary/aromatic N) is 1. The average Bonchev–Trinajstić information content (AvgIpc) is 2.89. The predicted octanol–water partition coefficient (Wildman–Crippen LogP) is 3.18. The van der Waals surface area contributed by atoms with E-state index in [2.05, 4.69) is 15.8 Å².